The summed E-state index contributed by atoms with van der Waals surface area (Å²) in [5.41, 5.74) is 0. The van der Waals surface area contributed by atoms with Crippen LogP contribution in [0.4, 0.5) is 0 Å². The Balaban J connectivity index is 1.45. The molecule has 2 aliphatic rings. The number of hydrogen-bond donors (Lipinski definition) is 0. The fourth-order valence-corrected chi connectivity index (χ4v) is 4.52. The Kier molecular flexibility index (Phi) is 3.52. The van der Waals surface area contributed by atoms with Crippen molar-refractivity contribution in [2.45, 2.75) is 52.1 Å². The molecule has 0 bridgehead atoms. The van der Waals surface area contributed by atoms with Crippen molar-refractivity contribution < 1.29 is 4.79 Å². The average molecular weight is 330 g/mol. The van der Waals surface area contributed by atoms with Gasteiger partial charge in [0, 0.05) is 40.6 Å². The van der Waals surface area contributed by atoms with Gasteiger partial charge in [-0.3, -0.25) is 4.79 Å². The lowest BCUT2D eigenvalue weighted by Crippen LogP contribution is -2.39. The summed E-state index contributed by atoms with van der Waals surface area (Å²) in [4.78, 5) is 17.4. The first-order valence-corrected chi connectivity index (χ1v) is 9.13. The molecule has 1 aliphatic carbocycles. The predicted octanol–water partition coefficient (Wildman–Crippen LogP) is 2.92. The number of aryl methyl sites for hydroxylation is 1. The van der Waals surface area contributed by atoms with Crippen LogP contribution < -0.4 is 0 Å². The quantitative estimate of drug-likeness (QED) is 0.869. The topological polar surface area (TPSA) is 51.0 Å². The molecule has 1 amide bonds. The molecule has 1 fully saturated rings. The summed E-state index contributed by atoms with van der Waals surface area (Å²) >= 11 is 1.82. The Labute approximate surface area is 140 Å². The van der Waals surface area contributed by atoms with Crippen molar-refractivity contribution in [2.24, 2.45) is 5.92 Å². The van der Waals surface area contributed by atoms with Gasteiger partial charge in [-0.15, -0.1) is 21.5 Å². The summed E-state index contributed by atoms with van der Waals surface area (Å²) in [6, 6.07) is 4.33. The lowest BCUT2D eigenvalue weighted by Gasteiger charge is -2.28. The summed E-state index contributed by atoms with van der Waals surface area (Å²) < 4.78 is 2.18. The standard InChI is InChI=1S/C17H22N4OS/c1-10(2)16-19-18-15-9-20(6-7-21(15)16)17(22)13-8-12(13)14-5-4-11(3)23-14/h4-5,10,12-13H,6-9H2,1-3H3/t12-,13-/m0/s1. The molecule has 2 aromatic heterocycles. The second-order valence-electron chi connectivity index (χ2n) is 6.94. The minimum Gasteiger partial charge on any atom is -0.333 e. The van der Waals surface area contributed by atoms with Crippen LogP contribution in [0.2, 0.25) is 0 Å². The highest BCUT2D eigenvalue weighted by Crippen LogP contribution is 2.50. The number of rotatable bonds is 3. The highest BCUT2D eigenvalue weighted by Gasteiger charge is 2.47. The van der Waals surface area contributed by atoms with Gasteiger partial charge in [-0.05, 0) is 25.5 Å². The molecule has 1 aliphatic heterocycles. The summed E-state index contributed by atoms with van der Waals surface area (Å²) in [5, 5.41) is 8.59. The maximum atomic E-state index is 12.8. The first-order valence-electron chi connectivity index (χ1n) is 8.31. The van der Waals surface area contributed by atoms with Crippen molar-refractivity contribution in [3.63, 3.8) is 0 Å². The van der Waals surface area contributed by atoms with Crippen LogP contribution in [0.5, 0.6) is 0 Å². The van der Waals surface area contributed by atoms with E-state index in [1.54, 1.807) is 0 Å². The van der Waals surface area contributed by atoms with Crippen molar-refractivity contribution in [1.82, 2.24) is 19.7 Å². The van der Waals surface area contributed by atoms with E-state index in [4.69, 9.17) is 0 Å². The fraction of sp³-hybridized carbons (Fsp3) is 0.588. The Morgan fingerprint density at radius 3 is 2.83 bits per heavy atom. The number of carbonyl (C=O) groups is 1. The van der Waals surface area contributed by atoms with E-state index in [-0.39, 0.29) is 5.92 Å². The normalized spacial score (nSPS) is 23.2. The Bertz CT molecular complexity index is 748. The number of carbonyl (C=O) groups excluding carboxylic acids is 1. The van der Waals surface area contributed by atoms with Crippen LogP contribution >= 0.6 is 11.3 Å². The van der Waals surface area contributed by atoms with Crippen LogP contribution in [0.3, 0.4) is 0 Å². The van der Waals surface area contributed by atoms with Gasteiger partial charge in [-0.25, -0.2) is 0 Å². The maximum absolute atomic E-state index is 12.8. The number of aromatic nitrogens is 3. The minimum absolute atomic E-state index is 0.173. The van der Waals surface area contributed by atoms with Crippen molar-refractivity contribution in [1.29, 1.82) is 0 Å². The number of nitrogens with zero attached hydrogens (tertiary/aromatic N) is 4. The molecule has 0 aromatic carbocycles. The van der Waals surface area contributed by atoms with Gasteiger partial charge in [0.1, 0.15) is 5.82 Å². The molecule has 122 valence electrons. The minimum atomic E-state index is 0.173. The summed E-state index contributed by atoms with van der Waals surface area (Å²) in [7, 11) is 0. The van der Waals surface area contributed by atoms with Gasteiger partial charge < -0.3 is 9.47 Å². The average Bonchev–Trinajstić information content (AvgIpc) is 3.01. The first-order chi connectivity index (χ1) is 11.0. The van der Waals surface area contributed by atoms with Crippen molar-refractivity contribution in [3.05, 3.63) is 33.5 Å². The lowest BCUT2D eigenvalue weighted by atomic mass is 10.2. The van der Waals surface area contributed by atoms with Gasteiger partial charge in [0.2, 0.25) is 5.91 Å². The smallest absolute Gasteiger partial charge is 0.226 e. The van der Waals surface area contributed by atoms with E-state index in [1.165, 1.54) is 9.75 Å². The lowest BCUT2D eigenvalue weighted by molar-refractivity contribution is -0.134. The second kappa shape index (κ2) is 5.44. The van der Waals surface area contributed by atoms with Crippen molar-refractivity contribution >= 4 is 17.2 Å². The zero-order valence-electron chi connectivity index (χ0n) is 13.8. The van der Waals surface area contributed by atoms with E-state index < -0.39 is 0 Å². The molecule has 3 heterocycles. The molecule has 6 heteroatoms. The molecule has 1 saturated carbocycles. The monoisotopic (exact) mass is 330 g/mol. The maximum Gasteiger partial charge on any atom is 0.226 e. The van der Waals surface area contributed by atoms with E-state index in [9.17, 15) is 4.79 Å². The van der Waals surface area contributed by atoms with Crippen LogP contribution in [-0.2, 0) is 17.9 Å². The molecule has 0 spiro atoms. The van der Waals surface area contributed by atoms with Crippen molar-refractivity contribution in [3.8, 4) is 0 Å². The SMILES string of the molecule is Cc1ccc([C@H]2C[C@@H]2C(=O)N2CCn3c(nnc3C(C)C)C2)s1. The zero-order chi connectivity index (χ0) is 16.1. The zero-order valence-corrected chi connectivity index (χ0v) is 14.6. The largest absolute Gasteiger partial charge is 0.333 e. The molecule has 0 unspecified atom stereocenters. The van der Waals surface area contributed by atoms with Crippen LogP contribution in [0.1, 0.15) is 53.5 Å². The van der Waals surface area contributed by atoms with Gasteiger partial charge in [-0.1, -0.05) is 13.8 Å². The third-order valence-electron chi connectivity index (χ3n) is 4.84. The van der Waals surface area contributed by atoms with E-state index >= 15 is 0 Å². The molecule has 2 atom stereocenters. The van der Waals surface area contributed by atoms with Gasteiger partial charge in [0.25, 0.3) is 0 Å². The molecular weight excluding hydrogens is 308 g/mol. The van der Waals surface area contributed by atoms with Gasteiger partial charge in [0.05, 0.1) is 6.54 Å². The van der Waals surface area contributed by atoms with Crippen molar-refractivity contribution in [2.75, 3.05) is 6.54 Å². The Morgan fingerprint density at radius 1 is 1.30 bits per heavy atom. The van der Waals surface area contributed by atoms with Gasteiger partial charge >= 0.3 is 0 Å². The number of amides is 1. The second-order valence-corrected chi connectivity index (χ2v) is 8.26. The highest BCUT2D eigenvalue weighted by molar-refractivity contribution is 7.12. The number of hydrogen-bond acceptors (Lipinski definition) is 4. The van der Waals surface area contributed by atoms with Crippen LogP contribution in [0.25, 0.3) is 0 Å². The summed E-state index contributed by atoms with van der Waals surface area (Å²) in [6.45, 7) is 8.58. The molecule has 0 N–H and O–H groups in total. The fourth-order valence-electron chi connectivity index (χ4n) is 3.47. The molecule has 0 saturated heterocycles. The number of fused-ring (bicyclic) bond motifs is 1. The van der Waals surface area contributed by atoms with Crippen LogP contribution in [0.15, 0.2) is 12.1 Å². The Morgan fingerprint density at radius 2 is 2.13 bits per heavy atom. The molecule has 23 heavy (non-hydrogen) atoms. The highest BCUT2D eigenvalue weighted by atomic mass is 32.1. The van der Waals surface area contributed by atoms with Gasteiger partial charge in [0.15, 0.2) is 5.82 Å². The number of thiophene rings is 1. The van der Waals surface area contributed by atoms with E-state index in [0.717, 1.165) is 31.2 Å². The third kappa shape index (κ3) is 2.59. The molecule has 5 nitrogen and oxygen atoms in total. The van der Waals surface area contributed by atoms with Crippen LogP contribution in [0, 0.1) is 12.8 Å². The van der Waals surface area contributed by atoms with Gasteiger partial charge in [-0.2, -0.15) is 0 Å². The van der Waals surface area contributed by atoms with Crippen LogP contribution in [-0.4, -0.2) is 32.1 Å². The molecular formula is C17H22N4OS. The first kappa shape index (κ1) is 14.9. The van der Waals surface area contributed by atoms with E-state index in [2.05, 4.69) is 47.7 Å². The predicted molar refractivity (Wildman–Crippen MR) is 89.4 cm³/mol. The molecule has 0 radical (unpaired) electrons. The van der Waals surface area contributed by atoms with E-state index in [1.807, 2.05) is 16.2 Å². The molecule has 2 aromatic rings. The van der Waals surface area contributed by atoms with E-state index in [0.29, 0.717) is 24.3 Å². The third-order valence-corrected chi connectivity index (χ3v) is 5.98. The summed E-state index contributed by atoms with van der Waals surface area (Å²) in [5.74, 6) is 3.23. The molecule has 4 rings (SSSR count). The summed E-state index contributed by atoms with van der Waals surface area (Å²) in [6.07, 6.45) is 0.999. The Hall–Kier alpha value is -1.69.